The average Bonchev–Trinajstić information content (AvgIpc) is 2.96. The molecule has 1 aromatic heterocycles. The summed E-state index contributed by atoms with van der Waals surface area (Å²) in [6.45, 7) is 2.11. The molecular weight excluding hydrogens is 581 g/mol. The van der Waals surface area contributed by atoms with Crippen LogP contribution in [0.25, 0.3) is 0 Å². The summed E-state index contributed by atoms with van der Waals surface area (Å²) >= 11 is 10.8. The first-order chi connectivity index (χ1) is 19.4. The maximum absolute atomic E-state index is 12.4. The Bertz CT molecular complexity index is 1460. The zero-order chi connectivity index (χ0) is 30.2. The normalized spacial score (nSPS) is 10.8. The number of hydrogen-bond acceptors (Lipinski definition) is 7. The van der Waals surface area contributed by atoms with Crippen LogP contribution in [0.4, 0.5) is 27.8 Å². The molecular formula is C27H34N8O3S3. The molecule has 0 aliphatic rings. The van der Waals surface area contributed by atoms with Crippen molar-refractivity contribution in [3.8, 4) is 0 Å². The van der Waals surface area contributed by atoms with E-state index in [4.69, 9.17) is 29.4 Å². The second-order valence-electron chi connectivity index (χ2n) is 9.04. The Balaban J connectivity index is 1.63. The molecule has 0 fully saturated rings. The number of pyridine rings is 1. The molecule has 1 heterocycles. The molecule has 3 aromatic rings. The lowest BCUT2D eigenvalue weighted by Crippen LogP contribution is -2.40. The van der Waals surface area contributed by atoms with Crippen molar-refractivity contribution in [1.82, 2.24) is 25.7 Å². The quantitative estimate of drug-likeness (QED) is 0.228. The lowest BCUT2D eigenvalue weighted by atomic mass is 10.1. The van der Waals surface area contributed by atoms with Crippen LogP contribution in [0.15, 0.2) is 65.6 Å². The van der Waals surface area contributed by atoms with Gasteiger partial charge in [0.1, 0.15) is 11.6 Å². The topological polar surface area (TPSA) is 131 Å². The van der Waals surface area contributed by atoms with E-state index in [0.29, 0.717) is 28.3 Å². The van der Waals surface area contributed by atoms with Crippen molar-refractivity contribution in [1.29, 1.82) is 0 Å². The van der Waals surface area contributed by atoms with Crippen molar-refractivity contribution in [2.45, 2.75) is 18.2 Å². The van der Waals surface area contributed by atoms with Gasteiger partial charge in [-0.25, -0.2) is 22.9 Å². The van der Waals surface area contributed by atoms with Crippen LogP contribution >= 0.6 is 24.4 Å². The third kappa shape index (κ3) is 8.74. The van der Waals surface area contributed by atoms with Crippen molar-refractivity contribution in [2.24, 2.45) is 0 Å². The fraction of sp³-hybridized carbons (Fsp3) is 0.259. The molecule has 11 nitrogen and oxygen atoms in total. The summed E-state index contributed by atoms with van der Waals surface area (Å²) in [7, 11) is 3.26. The summed E-state index contributed by atoms with van der Waals surface area (Å²) in [6, 6.07) is 16.9. The van der Waals surface area contributed by atoms with Gasteiger partial charge < -0.3 is 31.1 Å². The predicted octanol–water partition coefficient (Wildman–Crippen LogP) is 3.25. The van der Waals surface area contributed by atoms with Crippen LogP contribution < -0.4 is 35.8 Å². The molecule has 3 rings (SSSR count). The second-order valence-corrected chi connectivity index (χ2v) is 11.5. The molecule has 0 saturated carbocycles. The molecule has 41 heavy (non-hydrogen) atoms. The first-order valence-corrected chi connectivity index (χ1v) is 14.9. The van der Waals surface area contributed by atoms with Crippen LogP contribution in [-0.4, -0.2) is 64.4 Å². The van der Waals surface area contributed by atoms with Gasteiger partial charge in [0, 0.05) is 52.6 Å². The van der Waals surface area contributed by atoms with Crippen LogP contribution in [0.3, 0.4) is 0 Å². The summed E-state index contributed by atoms with van der Waals surface area (Å²) in [5.74, 6) is 1.22. The Labute approximate surface area is 251 Å². The Hall–Kier alpha value is -4.01. The van der Waals surface area contributed by atoms with Crippen molar-refractivity contribution >= 4 is 73.7 Å². The zero-order valence-corrected chi connectivity index (χ0v) is 25.9. The van der Waals surface area contributed by atoms with E-state index in [1.54, 1.807) is 31.1 Å². The number of thiocarbonyl (C=S) groups is 2. The van der Waals surface area contributed by atoms with E-state index in [9.17, 15) is 13.2 Å². The number of urea groups is 1. The van der Waals surface area contributed by atoms with E-state index in [0.717, 1.165) is 22.5 Å². The minimum atomic E-state index is -3.94. The molecule has 14 heteroatoms. The van der Waals surface area contributed by atoms with Crippen molar-refractivity contribution < 1.29 is 13.2 Å². The van der Waals surface area contributed by atoms with Gasteiger partial charge in [-0.05, 0) is 67.6 Å². The highest BCUT2D eigenvalue weighted by molar-refractivity contribution is 7.90. The monoisotopic (exact) mass is 614 g/mol. The van der Waals surface area contributed by atoms with Gasteiger partial charge in [0.25, 0.3) is 10.0 Å². The fourth-order valence-electron chi connectivity index (χ4n) is 3.65. The number of sulfonamides is 1. The van der Waals surface area contributed by atoms with Gasteiger partial charge in [0.15, 0.2) is 10.2 Å². The number of amides is 2. The average molecular weight is 615 g/mol. The molecule has 218 valence electrons. The van der Waals surface area contributed by atoms with Crippen molar-refractivity contribution in [3.05, 3.63) is 71.8 Å². The molecule has 0 spiro atoms. The van der Waals surface area contributed by atoms with Gasteiger partial charge >= 0.3 is 6.03 Å². The lowest BCUT2D eigenvalue weighted by Gasteiger charge is -2.24. The van der Waals surface area contributed by atoms with Gasteiger partial charge in [0.05, 0.1) is 10.6 Å². The molecule has 0 saturated heterocycles. The number of nitrogens with one attached hydrogen (secondary N) is 5. The summed E-state index contributed by atoms with van der Waals surface area (Å²) in [5.41, 5.74) is 3.50. The molecule has 0 aliphatic heterocycles. The van der Waals surface area contributed by atoms with E-state index >= 15 is 0 Å². The predicted molar refractivity (Wildman–Crippen MR) is 173 cm³/mol. The van der Waals surface area contributed by atoms with Crippen LogP contribution in [0.2, 0.25) is 0 Å². The van der Waals surface area contributed by atoms with Gasteiger partial charge in [-0.2, -0.15) is 0 Å². The summed E-state index contributed by atoms with van der Waals surface area (Å²) < 4.78 is 26.8. The van der Waals surface area contributed by atoms with Crippen LogP contribution in [0.1, 0.15) is 11.1 Å². The molecule has 0 unspecified atom stereocenters. The number of carbonyl (C=O) groups excluding carboxylic acids is 1. The third-order valence-corrected chi connectivity index (χ3v) is 8.35. The summed E-state index contributed by atoms with van der Waals surface area (Å²) in [6.07, 6.45) is 0.509. The summed E-state index contributed by atoms with van der Waals surface area (Å²) in [4.78, 5) is 20.5. The molecule has 0 aliphatic carbocycles. The highest BCUT2D eigenvalue weighted by Gasteiger charge is 2.17. The van der Waals surface area contributed by atoms with E-state index in [1.807, 2.05) is 67.0 Å². The lowest BCUT2D eigenvalue weighted by molar-refractivity contribution is 0.246. The molecule has 0 bridgehead atoms. The fourth-order valence-corrected chi connectivity index (χ4v) is 4.77. The number of rotatable bonds is 9. The van der Waals surface area contributed by atoms with Crippen molar-refractivity contribution in [3.63, 3.8) is 0 Å². The highest BCUT2D eigenvalue weighted by atomic mass is 32.2. The first kappa shape index (κ1) is 31.5. The van der Waals surface area contributed by atoms with Crippen LogP contribution in [0.5, 0.6) is 0 Å². The Morgan fingerprint density at radius 3 is 2.12 bits per heavy atom. The van der Waals surface area contributed by atoms with E-state index in [2.05, 4.69) is 21.3 Å². The number of aryl methyl sites for hydroxylation is 1. The first-order valence-electron chi connectivity index (χ1n) is 12.6. The van der Waals surface area contributed by atoms with Gasteiger partial charge in [-0.15, -0.1) is 0 Å². The Morgan fingerprint density at radius 1 is 0.902 bits per heavy atom. The van der Waals surface area contributed by atoms with Crippen LogP contribution in [0, 0.1) is 6.92 Å². The summed E-state index contributed by atoms with van der Waals surface area (Å²) in [5, 5.41) is 12.9. The Morgan fingerprint density at radius 2 is 1.51 bits per heavy atom. The molecule has 2 amide bonds. The molecule has 0 atom stereocenters. The maximum Gasteiger partial charge on any atom is 0.328 e. The largest absolute Gasteiger partial charge is 0.365 e. The van der Waals surface area contributed by atoms with E-state index < -0.39 is 16.1 Å². The van der Waals surface area contributed by atoms with E-state index in [-0.39, 0.29) is 11.4 Å². The number of anilines is 4. The second kappa shape index (κ2) is 14.1. The van der Waals surface area contributed by atoms with Crippen molar-refractivity contribution in [2.75, 3.05) is 49.9 Å². The van der Waals surface area contributed by atoms with E-state index in [1.165, 1.54) is 12.1 Å². The SMILES string of the molecule is CNC(=S)N(C)c1cc(Nc2ccc(CCNC(=O)NS(=O)(=O)c3ccc(C)cc3)cc2)nc(N(C)C(=S)NC)c1. The standard InChI is InChI=1S/C27H34N8O3S3/c1-18-6-12-22(13-7-18)41(37,38)33-25(36)30-15-14-19-8-10-20(11-9-19)31-23-16-21(34(4)26(39)28-2)17-24(32-23)35(5)27(40)29-3/h6-13,16-17H,14-15H2,1-5H3,(H,28,39)(H,29,40)(H,31,32)(H2,30,33,36). The number of aromatic nitrogens is 1. The molecule has 0 radical (unpaired) electrons. The smallest absolute Gasteiger partial charge is 0.328 e. The Kier molecular flexibility index (Phi) is 10.8. The van der Waals surface area contributed by atoms with Gasteiger partial charge in [-0.1, -0.05) is 29.8 Å². The number of benzene rings is 2. The molecule has 5 N–H and O–H groups in total. The van der Waals surface area contributed by atoms with Gasteiger partial charge in [0.2, 0.25) is 0 Å². The molecule has 2 aromatic carbocycles. The highest BCUT2D eigenvalue weighted by Crippen LogP contribution is 2.26. The minimum absolute atomic E-state index is 0.0289. The minimum Gasteiger partial charge on any atom is -0.365 e. The maximum atomic E-state index is 12.4. The number of hydrogen-bond donors (Lipinski definition) is 5. The van der Waals surface area contributed by atoms with Crippen LogP contribution in [-0.2, 0) is 16.4 Å². The van der Waals surface area contributed by atoms with Gasteiger partial charge in [-0.3, -0.25) is 0 Å². The number of carbonyl (C=O) groups is 1. The number of nitrogens with zero attached hydrogens (tertiary/aromatic N) is 3. The zero-order valence-electron chi connectivity index (χ0n) is 23.5. The third-order valence-electron chi connectivity index (χ3n) is 6.05.